The third-order valence-electron chi connectivity index (χ3n) is 1.19. The van der Waals surface area contributed by atoms with E-state index < -0.39 is 0 Å². The van der Waals surface area contributed by atoms with Crippen LogP contribution in [0, 0.1) is 0 Å². The molecule has 10 heavy (non-hydrogen) atoms. The second-order valence-corrected chi connectivity index (χ2v) is 2.27. The molecule has 0 aromatic carbocycles. The van der Waals surface area contributed by atoms with Crippen molar-refractivity contribution in [3.8, 4) is 5.75 Å². The summed E-state index contributed by atoms with van der Waals surface area (Å²) >= 11 is 0. The fourth-order valence-corrected chi connectivity index (χ4v) is 0.643. The van der Waals surface area contributed by atoms with E-state index in [0.717, 1.165) is 5.82 Å². The van der Waals surface area contributed by atoms with Gasteiger partial charge in [0.2, 0.25) is 0 Å². The molecule has 1 N–H and O–H groups in total. The molecular formula is C7H10N2O. The van der Waals surface area contributed by atoms with Crippen molar-refractivity contribution in [3.05, 3.63) is 18.3 Å². The van der Waals surface area contributed by atoms with Gasteiger partial charge in [-0.3, -0.25) is 0 Å². The minimum Gasteiger partial charge on any atom is -0.506 e. The van der Waals surface area contributed by atoms with E-state index in [9.17, 15) is 0 Å². The van der Waals surface area contributed by atoms with Crippen LogP contribution >= 0.6 is 0 Å². The van der Waals surface area contributed by atoms with E-state index in [0.29, 0.717) is 0 Å². The highest BCUT2D eigenvalue weighted by Gasteiger charge is 1.93. The quantitative estimate of drug-likeness (QED) is 0.625. The molecule has 1 aromatic rings. The largest absolute Gasteiger partial charge is 0.506 e. The van der Waals surface area contributed by atoms with Crippen LogP contribution < -0.4 is 4.90 Å². The van der Waals surface area contributed by atoms with E-state index in [1.54, 1.807) is 12.1 Å². The maximum atomic E-state index is 8.86. The molecule has 3 heteroatoms. The van der Waals surface area contributed by atoms with Gasteiger partial charge in [-0.25, -0.2) is 4.98 Å². The lowest BCUT2D eigenvalue weighted by molar-refractivity contribution is 0.472. The molecule has 54 valence electrons. The van der Waals surface area contributed by atoms with Crippen molar-refractivity contribution in [2.45, 2.75) is 0 Å². The number of pyridine rings is 1. The first kappa shape index (κ1) is 6.86. The highest BCUT2D eigenvalue weighted by Crippen LogP contribution is 2.10. The summed E-state index contributed by atoms with van der Waals surface area (Å²) in [6.45, 7) is 0. The van der Waals surface area contributed by atoms with Crippen LogP contribution in [0.15, 0.2) is 18.3 Å². The maximum absolute atomic E-state index is 8.86. The van der Waals surface area contributed by atoms with E-state index in [4.69, 9.17) is 5.11 Å². The summed E-state index contributed by atoms with van der Waals surface area (Å²) < 4.78 is 0. The molecule has 0 atom stereocenters. The van der Waals surface area contributed by atoms with Crippen LogP contribution in [0.25, 0.3) is 0 Å². The Morgan fingerprint density at radius 3 is 2.50 bits per heavy atom. The summed E-state index contributed by atoms with van der Waals surface area (Å²) in [5.74, 6) is 1.04. The van der Waals surface area contributed by atoms with E-state index in [1.165, 1.54) is 6.20 Å². The molecule has 1 aromatic heterocycles. The molecule has 0 unspecified atom stereocenters. The minimum atomic E-state index is 0.200. The number of hydrogen-bond acceptors (Lipinski definition) is 3. The highest BCUT2D eigenvalue weighted by atomic mass is 16.3. The molecule has 0 saturated heterocycles. The molecule has 1 heterocycles. The normalized spacial score (nSPS) is 9.40. The average molecular weight is 138 g/mol. The van der Waals surface area contributed by atoms with Gasteiger partial charge in [0.25, 0.3) is 0 Å². The number of hydrogen-bond donors (Lipinski definition) is 1. The Morgan fingerprint density at radius 1 is 1.40 bits per heavy atom. The monoisotopic (exact) mass is 138 g/mol. The van der Waals surface area contributed by atoms with Gasteiger partial charge in [-0.1, -0.05) is 0 Å². The van der Waals surface area contributed by atoms with Crippen LogP contribution in [-0.2, 0) is 0 Å². The van der Waals surface area contributed by atoms with Crippen molar-refractivity contribution >= 4 is 5.82 Å². The van der Waals surface area contributed by atoms with Gasteiger partial charge in [-0.15, -0.1) is 0 Å². The third-order valence-corrected chi connectivity index (χ3v) is 1.19. The predicted molar refractivity (Wildman–Crippen MR) is 40.2 cm³/mol. The highest BCUT2D eigenvalue weighted by molar-refractivity contribution is 5.38. The van der Waals surface area contributed by atoms with Crippen LogP contribution in [-0.4, -0.2) is 24.2 Å². The summed E-state index contributed by atoms with van der Waals surface area (Å²) in [5, 5.41) is 8.86. The number of aromatic hydroxyl groups is 1. The van der Waals surface area contributed by atoms with Gasteiger partial charge in [0.1, 0.15) is 11.6 Å². The van der Waals surface area contributed by atoms with Crippen molar-refractivity contribution in [3.63, 3.8) is 0 Å². The lowest BCUT2D eigenvalue weighted by atomic mass is 10.4. The molecular weight excluding hydrogens is 128 g/mol. The van der Waals surface area contributed by atoms with Crippen LogP contribution in [0.1, 0.15) is 0 Å². The van der Waals surface area contributed by atoms with Crippen LogP contribution in [0.5, 0.6) is 5.75 Å². The summed E-state index contributed by atoms with van der Waals surface area (Å²) in [6.07, 6.45) is 1.43. The standard InChI is InChI=1S/C7H10N2O/c1-9(2)7-4-3-6(10)5-8-7/h3-5,10H,1-2H3. The summed E-state index contributed by atoms with van der Waals surface area (Å²) in [4.78, 5) is 5.83. The summed E-state index contributed by atoms with van der Waals surface area (Å²) in [5.41, 5.74) is 0. The number of aromatic nitrogens is 1. The Bertz CT molecular complexity index is 205. The predicted octanol–water partition coefficient (Wildman–Crippen LogP) is 0.853. The van der Waals surface area contributed by atoms with Crippen molar-refractivity contribution < 1.29 is 5.11 Å². The number of nitrogens with zero attached hydrogens (tertiary/aromatic N) is 2. The average Bonchev–Trinajstić information content (AvgIpc) is 1.88. The molecule has 0 aliphatic carbocycles. The smallest absolute Gasteiger partial charge is 0.134 e. The van der Waals surface area contributed by atoms with E-state index in [-0.39, 0.29) is 5.75 Å². The fraction of sp³-hybridized carbons (Fsp3) is 0.286. The molecule has 3 nitrogen and oxygen atoms in total. The first-order valence-electron chi connectivity index (χ1n) is 3.02. The zero-order valence-corrected chi connectivity index (χ0v) is 6.07. The molecule has 0 spiro atoms. The van der Waals surface area contributed by atoms with Gasteiger partial charge in [0.15, 0.2) is 0 Å². The van der Waals surface area contributed by atoms with Gasteiger partial charge >= 0.3 is 0 Å². The van der Waals surface area contributed by atoms with Crippen LogP contribution in [0.4, 0.5) is 5.82 Å². The van der Waals surface area contributed by atoms with E-state index in [2.05, 4.69) is 4.98 Å². The van der Waals surface area contributed by atoms with Crippen LogP contribution in [0.2, 0.25) is 0 Å². The second-order valence-electron chi connectivity index (χ2n) is 2.27. The van der Waals surface area contributed by atoms with E-state index in [1.807, 2.05) is 19.0 Å². The lowest BCUT2D eigenvalue weighted by Gasteiger charge is -2.09. The van der Waals surface area contributed by atoms with Crippen molar-refractivity contribution in [2.75, 3.05) is 19.0 Å². The molecule has 0 bridgehead atoms. The molecule has 1 rings (SSSR count). The third kappa shape index (κ3) is 1.37. The molecule has 0 radical (unpaired) electrons. The Labute approximate surface area is 59.9 Å². The Morgan fingerprint density at radius 2 is 2.10 bits per heavy atom. The van der Waals surface area contributed by atoms with Gasteiger partial charge < -0.3 is 10.0 Å². The minimum absolute atomic E-state index is 0.200. The Hall–Kier alpha value is -1.25. The SMILES string of the molecule is CN(C)c1ccc(O)cn1. The number of rotatable bonds is 1. The summed E-state index contributed by atoms with van der Waals surface area (Å²) in [6, 6.07) is 3.37. The Balaban J connectivity index is 2.89. The van der Waals surface area contributed by atoms with Gasteiger partial charge in [-0.05, 0) is 12.1 Å². The molecule has 0 aliphatic rings. The van der Waals surface area contributed by atoms with Crippen molar-refractivity contribution in [1.29, 1.82) is 0 Å². The maximum Gasteiger partial charge on any atom is 0.134 e. The number of anilines is 1. The molecule has 0 amide bonds. The van der Waals surface area contributed by atoms with Crippen molar-refractivity contribution in [2.24, 2.45) is 0 Å². The zero-order valence-electron chi connectivity index (χ0n) is 6.07. The zero-order chi connectivity index (χ0) is 7.56. The lowest BCUT2D eigenvalue weighted by Crippen LogP contribution is -2.09. The Kier molecular flexibility index (Phi) is 1.76. The van der Waals surface area contributed by atoms with Gasteiger partial charge in [-0.2, -0.15) is 0 Å². The summed E-state index contributed by atoms with van der Waals surface area (Å²) in [7, 11) is 3.80. The molecule has 0 saturated carbocycles. The second kappa shape index (κ2) is 2.56. The van der Waals surface area contributed by atoms with E-state index >= 15 is 0 Å². The topological polar surface area (TPSA) is 36.4 Å². The first-order chi connectivity index (χ1) is 4.70. The van der Waals surface area contributed by atoms with Gasteiger partial charge in [0.05, 0.1) is 6.20 Å². The molecule has 0 fully saturated rings. The van der Waals surface area contributed by atoms with Gasteiger partial charge in [0, 0.05) is 14.1 Å². The van der Waals surface area contributed by atoms with Crippen LogP contribution in [0.3, 0.4) is 0 Å². The fourth-order valence-electron chi connectivity index (χ4n) is 0.643. The van der Waals surface area contributed by atoms with Crippen molar-refractivity contribution in [1.82, 2.24) is 4.98 Å². The molecule has 0 aliphatic heterocycles. The first-order valence-corrected chi connectivity index (χ1v) is 3.02.